The largest absolute Gasteiger partial charge is 0.387 e. The number of aromatic amines is 1. The first-order valence-corrected chi connectivity index (χ1v) is 11.5. The van der Waals surface area contributed by atoms with Crippen LogP contribution in [-0.2, 0) is 11.2 Å². The Morgan fingerprint density at radius 2 is 1.97 bits per heavy atom. The third-order valence-electron chi connectivity index (χ3n) is 6.84. The van der Waals surface area contributed by atoms with Crippen LogP contribution in [0.4, 0.5) is 0 Å². The Hall–Kier alpha value is -4.18. The number of amides is 1. The van der Waals surface area contributed by atoms with Gasteiger partial charge < -0.3 is 10.0 Å². The quantitative estimate of drug-likeness (QED) is 0.433. The molecular formula is C25H22N6O4. The summed E-state index contributed by atoms with van der Waals surface area (Å²) in [6.07, 6.45) is 9.19. The second-order valence-electron chi connectivity index (χ2n) is 8.85. The van der Waals surface area contributed by atoms with Crippen LogP contribution in [0.25, 0.3) is 39.3 Å². The summed E-state index contributed by atoms with van der Waals surface area (Å²) in [7, 11) is 0. The number of aliphatic hydroxyl groups is 1. The molecular weight excluding hydrogens is 448 g/mol. The first-order chi connectivity index (χ1) is 17.0. The summed E-state index contributed by atoms with van der Waals surface area (Å²) in [4.78, 5) is 55.5. The Kier molecular flexibility index (Phi) is 5.03. The second-order valence-corrected chi connectivity index (χ2v) is 8.85. The van der Waals surface area contributed by atoms with Crippen molar-refractivity contribution in [2.75, 3.05) is 19.7 Å². The van der Waals surface area contributed by atoms with Gasteiger partial charge in [0.1, 0.15) is 12.1 Å². The van der Waals surface area contributed by atoms with E-state index in [0.29, 0.717) is 48.2 Å². The lowest BCUT2D eigenvalue weighted by atomic mass is 10.0. The number of H-pyrrole nitrogens is 1. The number of hydrogen-bond acceptors (Lipinski definition) is 7. The van der Waals surface area contributed by atoms with E-state index in [4.69, 9.17) is 10.1 Å². The summed E-state index contributed by atoms with van der Waals surface area (Å²) in [6.45, 7) is 0.281. The molecule has 1 aliphatic carbocycles. The number of likely N-dealkylation sites (tertiary alicyclic amines) is 1. The van der Waals surface area contributed by atoms with Crippen molar-refractivity contribution in [2.24, 2.45) is 0 Å². The van der Waals surface area contributed by atoms with Crippen molar-refractivity contribution >= 4 is 33.9 Å². The highest BCUT2D eigenvalue weighted by molar-refractivity contribution is 6.01. The van der Waals surface area contributed by atoms with Gasteiger partial charge in [0.25, 0.3) is 5.56 Å². The second kappa shape index (κ2) is 8.24. The zero-order valence-electron chi connectivity index (χ0n) is 18.8. The van der Waals surface area contributed by atoms with Crippen molar-refractivity contribution in [3.05, 3.63) is 68.8 Å². The third-order valence-corrected chi connectivity index (χ3v) is 6.84. The highest BCUT2D eigenvalue weighted by atomic mass is 16.3. The molecule has 4 aromatic rings. The van der Waals surface area contributed by atoms with Gasteiger partial charge in [0.15, 0.2) is 0 Å². The van der Waals surface area contributed by atoms with Crippen molar-refractivity contribution in [3.63, 3.8) is 0 Å². The molecule has 0 atom stereocenters. The zero-order valence-corrected chi connectivity index (χ0v) is 18.8. The van der Waals surface area contributed by atoms with Crippen LogP contribution in [0.2, 0.25) is 0 Å². The highest BCUT2D eigenvalue weighted by Gasteiger charge is 2.27. The molecule has 2 aliphatic rings. The maximum Gasteiger partial charge on any atom is 0.329 e. The minimum absolute atomic E-state index is 0.243. The molecule has 0 aromatic carbocycles. The van der Waals surface area contributed by atoms with Gasteiger partial charge in [-0.1, -0.05) is 12.2 Å². The van der Waals surface area contributed by atoms with E-state index in [0.717, 1.165) is 23.2 Å². The van der Waals surface area contributed by atoms with Crippen molar-refractivity contribution in [3.8, 4) is 11.3 Å². The van der Waals surface area contributed by atoms with Crippen LogP contribution in [0.3, 0.4) is 0 Å². The average molecular weight is 470 g/mol. The van der Waals surface area contributed by atoms with Gasteiger partial charge in [-0.2, -0.15) is 0 Å². The maximum atomic E-state index is 13.1. The summed E-state index contributed by atoms with van der Waals surface area (Å²) in [5.74, 6) is -0.333. The van der Waals surface area contributed by atoms with Crippen LogP contribution >= 0.6 is 0 Å². The smallest absolute Gasteiger partial charge is 0.329 e. The molecule has 0 unspecified atom stereocenters. The number of hydrogen-bond donors (Lipinski definition) is 2. The molecule has 0 spiro atoms. The number of aliphatic hydroxyl groups excluding tert-OH is 1. The molecule has 1 aliphatic heterocycles. The lowest BCUT2D eigenvalue weighted by Crippen LogP contribution is -2.43. The first kappa shape index (κ1) is 21.4. The Bertz CT molecular complexity index is 1650. The van der Waals surface area contributed by atoms with Crippen LogP contribution in [0.1, 0.15) is 30.1 Å². The first-order valence-electron chi connectivity index (χ1n) is 11.5. The van der Waals surface area contributed by atoms with Crippen LogP contribution in [0.15, 0.2) is 46.3 Å². The van der Waals surface area contributed by atoms with Gasteiger partial charge >= 0.3 is 5.69 Å². The van der Waals surface area contributed by atoms with Gasteiger partial charge in [0.05, 0.1) is 27.8 Å². The lowest BCUT2D eigenvalue weighted by Gasteiger charge is -2.33. The molecule has 0 saturated carbocycles. The number of rotatable bonds is 3. The van der Waals surface area contributed by atoms with Crippen molar-refractivity contribution in [1.29, 1.82) is 0 Å². The Morgan fingerprint density at radius 1 is 1.14 bits per heavy atom. The summed E-state index contributed by atoms with van der Waals surface area (Å²) in [5, 5.41) is 9.45. The Morgan fingerprint density at radius 3 is 2.77 bits per heavy atom. The van der Waals surface area contributed by atoms with E-state index in [2.05, 4.69) is 21.0 Å². The normalized spacial score (nSPS) is 15.7. The number of pyridine rings is 3. The average Bonchev–Trinajstić information content (AvgIpc) is 3.36. The van der Waals surface area contributed by atoms with Gasteiger partial charge in [-0.3, -0.25) is 29.1 Å². The highest BCUT2D eigenvalue weighted by Crippen LogP contribution is 2.30. The van der Waals surface area contributed by atoms with Gasteiger partial charge in [-0.05, 0) is 36.6 Å². The molecule has 4 aromatic heterocycles. The topological polar surface area (TPSA) is 134 Å². The van der Waals surface area contributed by atoms with Crippen LogP contribution in [-0.4, -0.2) is 60.1 Å². The fourth-order valence-electron chi connectivity index (χ4n) is 5.03. The molecule has 176 valence electrons. The van der Waals surface area contributed by atoms with E-state index in [9.17, 15) is 14.4 Å². The monoisotopic (exact) mass is 470 g/mol. The van der Waals surface area contributed by atoms with E-state index >= 15 is 0 Å². The minimum Gasteiger partial charge on any atom is -0.387 e. The van der Waals surface area contributed by atoms with E-state index < -0.39 is 17.9 Å². The predicted molar refractivity (Wildman–Crippen MR) is 130 cm³/mol. The number of aromatic nitrogens is 5. The van der Waals surface area contributed by atoms with Crippen LogP contribution in [0, 0.1) is 0 Å². The van der Waals surface area contributed by atoms with Gasteiger partial charge in [-0.25, -0.2) is 9.78 Å². The molecule has 10 nitrogen and oxygen atoms in total. The number of piperidine rings is 1. The number of allylic oxidation sites excluding steroid dienone is 1. The zero-order chi connectivity index (χ0) is 24.1. The Balaban J connectivity index is 1.52. The van der Waals surface area contributed by atoms with Crippen LogP contribution < -0.4 is 11.2 Å². The number of nitrogens with zero attached hydrogens (tertiary/aromatic N) is 5. The van der Waals surface area contributed by atoms with Crippen molar-refractivity contribution in [2.45, 2.75) is 25.3 Å². The molecule has 1 amide bonds. The molecule has 1 fully saturated rings. The van der Waals surface area contributed by atoms with Crippen molar-refractivity contribution in [1.82, 2.24) is 29.4 Å². The molecule has 0 radical (unpaired) electrons. The standard InChI is InChI=1S/C25H22N6O4/c32-13-21(33)30-8-6-16(7-9-30)31-23-17(24(34)29-25(31)35)12-27-20-5-4-19(28-22(20)23)15-10-14-2-1-3-18(14)26-11-15/h1-2,4-5,10-12,16,32H,3,6-9,13H2,(H,29,34,35). The van der Waals surface area contributed by atoms with E-state index in [1.807, 2.05) is 24.3 Å². The third kappa shape index (κ3) is 3.53. The molecule has 2 N–H and O–H groups in total. The van der Waals surface area contributed by atoms with Gasteiger partial charge in [0, 0.05) is 43.5 Å². The number of carbonyl (C=O) groups is 1. The fraction of sp³-hybridized carbons (Fsp3) is 0.280. The summed E-state index contributed by atoms with van der Waals surface area (Å²) in [6, 6.07) is 5.48. The molecule has 0 bridgehead atoms. The van der Waals surface area contributed by atoms with Crippen LogP contribution in [0.5, 0.6) is 0 Å². The van der Waals surface area contributed by atoms with Gasteiger partial charge in [-0.15, -0.1) is 0 Å². The predicted octanol–water partition coefficient (Wildman–Crippen LogP) is 1.42. The summed E-state index contributed by atoms with van der Waals surface area (Å²) >= 11 is 0. The summed E-state index contributed by atoms with van der Waals surface area (Å²) in [5.41, 5.74) is 4.03. The maximum absolute atomic E-state index is 13.1. The molecule has 10 heteroatoms. The molecule has 6 rings (SSSR count). The minimum atomic E-state index is -0.539. The molecule has 1 saturated heterocycles. The number of fused-ring (bicyclic) bond motifs is 4. The van der Waals surface area contributed by atoms with Gasteiger partial charge in [0.2, 0.25) is 5.91 Å². The molecule has 35 heavy (non-hydrogen) atoms. The van der Waals surface area contributed by atoms with E-state index in [-0.39, 0.29) is 17.3 Å². The van der Waals surface area contributed by atoms with E-state index in [1.165, 1.54) is 6.20 Å². The fourth-order valence-corrected chi connectivity index (χ4v) is 5.03. The number of carbonyl (C=O) groups excluding carboxylic acids is 1. The van der Waals surface area contributed by atoms with Crippen molar-refractivity contribution < 1.29 is 9.90 Å². The van der Waals surface area contributed by atoms with E-state index in [1.54, 1.807) is 15.7 Å². The lowest BCUT2D eigenvalue weighted by molar-refractivity contribution is -0.135. The number of nitrogens with one attached hydrogen (secondary N) is 1. The Labute approximate surface area is 198 Å². The molecule has 5 heterocycles. The SMILES string of the molecule is O=C(CO)N1CCC(n2c(=O)[nH]c(=O)c3cnc4ccc(-c5cnc6c(c5)C=CC6)nc4c32)CC1. The summed E-state index contributed by atoms with van der Waals surface area (Å²) < 4.78 is 1.59.